The number of rotatable bonds is 2. The topological polar surface area (TPSA) is 36.9 Å². The van der Waals surface area contributed by atoms with Crippen molar-refractivity contribution in [3.8, 4) is 0 Å². The van der Waals surface area contributed by atoms with E-state index in [1.54, 1.807) is 12.1 Å². The molecule has 1 spiro atoms. The molecule has 0 aliphatic carbocycles. The minimum atomic E-state index is -0.203. The quantitative estimate of drug-likeness (QED) is 0.669. The molecule has 1 aromatic carbocycles. The Labute approximate surface area is 125 Å². The van der Waals surface area contributed by atoms with Gasteiger partial charge in [-0.15, -0.1) is 0 Å². The first kappa shape index (κ1) is 14.3. The van der Waals surface area contributed by atoms with Crippen LogP contribution >= 0.6 is 0 Å². The molecule has 1 aromatic rings. The summed E-state index contributed by atoms with van der Waals surface area (Å²) in [6.45, 7) is 4.45. The molecule has 1 unspecified atom stereocenters. The largest absolute Gasteiger partial charge is 0.381 e. The van der Waals surface area contributed by atoms with Crippen molar-refractivity contribution in [2.45, 2.75) is 19.4 Å². The highest BCUT2D eigenvalue weighted by Crippen LogP contribution is 2.38. The zero-order chi connectivity index (χ0) is 14.7. The molecule has 2 heterocycles. The summed E-state index contributed by atoms with van der Waals surface area (Å²) in [5.74, 6) is 0.717. The second-order valence-electron chi connectivity index (χ2n) is 6.00. The van der Waals surface area contributed by atoms with Gasteiger partial charge in [-0.25, -0.2) is 4.39 Å². The van der Waals surface area contributed by atoms with Crippen LogP contribution in [0.3, 0.4) is 0 Å². The van der Waals surface area contributed by atoms with Gasteiger partial charge in [-0.05, 0) is 30.5 Å². The lowest BCUT2D eigenvalue weighted by Gasteiger charge is -2.25. The van der Waals surface area contributed by atoms with E-state index in [4.69, 9.17) is 4.74 Å². The van der Waals surface area contributed by atoms with E-state index >= 15 is 0 Å². The number of aliphatic imine (C=N–C) groups is 1. The fourth-order valence-corrected chi connectivity index (χ4v) is 3.20. The average molecular weight is 291 g/mol. The Morgan fingerprint density at radius 3 is 2.86 bits per heavy atom. The molecular formula is C16H22FN3O. The molecule has 0 aromatic heterocycles. The van der Waals surface area contributed by atoms with Gasteiger partial charge >= 0.3 is 0 Å². The minimum Gasteiger partial charge on any atom is -0.381 e. The molecule has 3 rings (SSSR count). The third-order valence-corrected chi connectivity index (χ3v) is 4.50. The summed E-state index contributed by atoms with van der Waals surface area (Å²) >= 11 is 0. The maximum atomic E-state index is 12.9. The number of hydrogen-bond acceptors (Lipinski definition) is 2. The molecule has 1 atom stereocenters. The van der Waals surface area contributed by atoms with Crippen LogP contribution in [-0.2, 0) is 11.3 Å². The molecule has 0 bridgehead atoms. The Morgan fingerprint density at radius 1 is 1.38 bits per heavy atom. The summed E-state index contributed by atoms with van der Waals surface area (Å²) in [5, 5.41) is 3.37. The van der Waals surface area contributed by atoms with E-state index in [1.165, 1.54) is 18.6 Å². The molecule has 0 amide bonds. The van der Waals surface area contributed by atoms with Gasteiger partial charge in [-0.3, -0.25) is 4.99 Å². The van der Waals surface area contributed by atoms with Gasteiger partial charge < -0.3 is 15.0 Å². The monoisotopic (exact) mass is 291 g/mol. The minimum absolute atomic E-state index is 0.203. The summed E-state index contributed by atoms with van der Waals surface area (Å²) in [5.41, 5.74) is 1.38. The van der Waals surface area contributed by atoms with Crippen LogP contribution in [0, 0.1) is 11.2 Å². The van der Waals surface area contributed by atoms with Gasteiger partial charge in [0.25, 0.3) is 0 Å². The summed E-state index contributed by atoms with van der Waals surface area (Å²) in [6.07, 6.45) is 2.32. The molecule has 2 aliphatic heterocycles. The third kappa shape index (κ3) is 3.18. The van der Waals surface area contributed by atoms with E-state index in [0.29, 0.717) is 12.0 Å². The van der Waals surface area contributed by atoms with Gasteiger partial charge in [-0.2, -0.15) is 0 Å². The van der Waals surface area contributed by atoms with Gasteiger partial charge in [0.15, 0.2) is 5.96 Å². The molecule has 1 N–H and O–H groups in total. The van der Waals surface area contributed by atoms with Gasteiger partial charge in [0, 0.05) is 38.7 Å². The fourth-order valence-electron chi connectivity index (χ4n) is 3.20. The number of nitrogens with one attached hydrogen (secondary N) is 1. The van der Waals surface area contributed by atoms with Crippen LogP contribution in [0.1, 0.15) is 18.4 Å². The van der Waals surface area contributed by atoms with Crippen molar-refractivity contribution in [3.63, 3.8) is 0 Å². The first-order valence-corrected chi connectivity index (χ1v) is 7.49. The van der Waals surface area contributed by atoms with Crippen LogP contribution in [0.25, 0.3) is 0 Å². The summed E-state index contributed by atoms with van der Waals surface area (Å²) < 4.78 is 18.5. The average Bonchev–Trinajstić information content (AvgIpc) is 3.13. The lowest BCUT2D eigenvalue weighted by molar-refractivity contribution is 0.156. The highest BCUT2D eigenvalue weighted by atomic mass is 19.1. The van der Waals surface area contributed by atoms with Crippen molar-refractivity contribution in [3.05, 3.63) is 35.6 Å². The predicted octanol–water partition coefficient (Wildman–Crippen LogP) is 2.01. The van der Waals surface area contributed by atoms with Crippen molar-refractivity contribution in [1.29, 1.82) is 0 Å². The molecule has 2 saturated heterocycles. The number of halogens is 1. The number of likely N-dealkylation sites (tertiary alicyclic amines) is 1. The molecule has 2 aliphatic rings. The zero-order valence-electron chi connectivity index (χ0n) is 12.4. The second-order valence-corrected chi connectivity index (χ2v) is 6.00. The van der Waals surface area contributed by atoms with Gasteiger partial charge in [0.05, 0.1) is 6.61 Å². The van der Waals surface area contributed by atoms with Gasteiger partial charge in [-0.1, -0.05) is 12.1 Å². The summed E-state index contributed by atoms with van der Waals surface area (Å²) in [6, 6.07) is 6.57. The highest BCUT2D eigenvalue weighted by Gasteiger charge is 2.42. The number of ether oxygens (including phenoxy) is 1. The molecule has 5 heteroatoms. The first-order valence-electron chi connectivity index (χ1n) is 7.49. The second kappa shape index (κ2) is 6.02. The molecule has 0 radical (unpaired) electrons. The van der Waals surface area contributed by atoms with E-state index in [0.717, 1.165) is 44.2 Å². The van der Waals surface area contributed by atoms with Crippen molar-refractivity contribution in [2.24, 2.45) is 10.4 Å². The van der Waals surface area contributed by atoms with E-state index in [9.17, 15) is 4.39 Å². The Bertz CT molecular complexity index is 509. The SMILES string of the molecule is CN=C(NCc1ccc(F)cc1)N1CCC2(CCOC2)C1. The Morgan fingerprint density at radius 2 is 2.19 bits per heavy atom. The van der Waals surface area contributed by atoms with Crippen LogP contribution in [0.4, 0.5) is 4.39 Å². The van der Waals surface area contributed by atoms with E-state index in [-0.39, 0.29) is 5.82 Å². The van der Waals surface area contributed by atoms with Crippen LogP contribution in [-0.4, -0.2) is 44.2 Å². The molecular weight excluding hydrogens is 269 g/mol. The van der Waals surface area contributed by atoms with Crippen LogP contribution < -0.4 is 5.32 Å². The van der Waals surface area contributed by atoms with Crippen molar-refractivity contribution in [1.82, 2.24) is 10.2 Å². The van der Waals surface area contributed by atoms with Crippen LogP contribution in [0.5, 0.6) is 0 Å². The van der Waals surface area contributed by atoms with Crippen LogP contribution in [0.2, 0.25) is 0 Å². The van der Waals surface area contributed by atoms with Gasteiger partial charge in [0.1, 0.15) is 5.82 Å². The molecule has 114 valence electrons. The third-order valence-electron chi connectivity index (χ3n) is 4.50. The molecule has 2 fully saturated rings. The molecule has 21 heavy (non-hydrogen) atoms. The lowest BCUT2D eigenvalue weighted by atomic mass is 9.87. The Balaban J connectivity index is 1.57. The maximum Gasteiger partial charge on any atom is 0.193 e. The van der Waals surface area contributed by atoms with E-state index < -0.39 is 0 Å². The molecule has 0 saturated carbocycles. The smallest absolute Gasteiger partial charge is 0.193 e. The highest BCUT2D eigenvalue weighted by molar-refractivity contribution is 5.80. The van der Waals surface area contributed by atoms with Crippen molar-refractivity contribution < 1.29 is 9.13 Å². The van der Waals surface area contributed by atoms with Crippen molar-refractivity contribution in [2.75, 3.05) is 33.4 Å². The number of benzene rings is 1. The summed E-state index contributed by atoms with van der Waals surface area (Å²) in [4.78, 5) is 6.68. The molecule has 4 nitrogen and oxygen atoms in total. The normalized spacial score (nSPS) is 25.8. The first-order chi connectivity index (χ1) is 10.2. The zero-order valence-corrected chi connectivity index (χ0v) is 12.4. The lowest BCUT2D eigenvalue weighted by Crippen LogP contribution is -2.41. The fraction of sp³-hybridized carbons (Fsp3) is 0.562. The van der Waals surface area contributed by atoms with Gasteiger partial charge in [0.2, 0.25) is 0 Å². The van der Waals surface area contributed by atoms with E-state index in [1.807, 2.05) is 7.05 Å². The standard InChI is InChI=1S/C16H22FN3O/c1-18-15(19-10-13-2-4-14(17)5-3-13)20-8-6-16(11-20)7-9-21-12-16/h2-5H,6-12H2,1H3,(H,18,19). The Kier molecular flexibility index (Phi) is 4.10. The number of guanidine groups is 1. The number of hydrogen-bond donors (Lipinski definition) is 1. The Hall–Kier alpha value is -1.62. The summed E-state index contributed by atoms with van der Waals surface area (Å²) in [7, 11) is 1.81. The maximum absolute atomic E-state index is 12.9. The van der Waals surface area contributed by atoms with E-state index in [2.05, 4.69) is 15.2 Å². The van der Waals surface area contributed by atoms with Crippen LogP contribution in [0.15, 0.2) is 29.3 Å². The van der Waals surface area contributed by atoms with Crippen molar-refractivity contribution >= 4 is 5.96 Å². The predicted molar refractivity (Wildman–Crippen MR) is 80.7 cm³/mol. The number of nitrogens with zero attached hydrogens (tertiary/aromatic N) is 2.